The second-order valence-electron chi connectivity index (χ2n) is 4.84. The zero-order chi connectivity index (χ0) is 15.3. The molecular formula is C18H18N2. The minimum Gasteiger partial charge on any atom is -0.265 e. The highest BCUT2D eigenvalue weighted by Crippen LogP contribution is 2.14. The van der Waals surface area contributed by atoms with E-state index in [0.717, 1.165) is 11.1 Å². The van der Waals surface area contributed by atoms with Crippen LogP contribution in [0.4, 0.5) is 0 Å². The van der Waals surface area contributed by atoms with Gasteiger partial charge in [0.05, 0.1) is 13.2 Å². The Morgan fingerprint density at radius 3 is 1.80 bits per heavy atom. The Labute approximate surface area is 121 Å². The highest BCUT2D eigenvalue weighted by Gasteiger charge is 2.14. The maximum absolute atomic E-state index is 9.35. The van der Waals surface area contributed by atoms with E-state index in [1.165, 1.54) is 0 Å². The SMILES string of the molecule is [2H]C(C#N)(N=C(c1ccccc1)c1ccccc1)C(C)C. The van der Waals surface area contributed by atoms with Crippen molar-refractivity contribution < 1.29 is 1.37 Å². The summed E-state index contributed by atoms with van der Waals surface area (Å²) in [5, 5.41) is 9.35. The largest absolute Gasteiger partial charge is 0.265 e. The molecule has 0 aliphatic rings. The topological polar surface area (TPSA) is 36.1 Å². The average molecular weight is 263 g/mol. The lowest BCUT2D eigenvalue weighted by Gasteiger charge is -2.13. The van der Waals surface area contributed by atoms with Crippen LogP contribution in [0.1, 0.15) is 26.3 Å². The van der Waals surface area contributed by atoms with Crippen LogP contribution in [0.3, 0.4) is 0 Å². The van der Waals surface area contributed by atoms with Crippen molar-refractivity contribution in [2.45, 2.75) is 19.9 Å². The van der Waals surface area contributed by atoms with Gasteiger partial charge in [0.2, 0.25) is 0 Å². The number of hydrogen-bond acceptors (Lipinski definition) is 2. The zero-order valence-electron chi connectivity index (χ0n) is 12.7. The van der Waals surface area contributed by atoms with Crippen LogP contribution in [0.5, 0.6) is 0 Å². The number of rotatable bonds is 4. The molecule has 100 valence electrons. The second-order valence-corrected chi connectivity index (χ2v) is 4.84. The van der Waals surface area contributed by atoms with Crippen LogP contribution < -0.4 is 0 Å². The summed E-state index contributed by atoms with van der Waals surface area (Å²) < 4.78 is 8.30. The molecule has 2 aromatic carbocycles. The Bertz CT molecular complexity index is 615. The Hall–Kier alpha value is -2.40. The zero-order valence-corrected chi connectivity index (χ0v) is 11.7. The number of aliphatic imine (C=N–C) groups is 1. The van der Waals surface area contributed by atoms with E-state index in [4.69, 9.17) is 1.37 Å². The molecule has 0 amide bonds. The van der Waals surface area contributed by atoms with Gasteiger partial charge in [0.1, 0.15) is 6.02 Å². The molecular weight excluding hydrogens is 244 g/mol. The summed E-state index contributed by atoms with van der Waals surface area (Å²) in [6, 6.07) is 19.9. The van der Waals surface area contributed by atoms with Gasteiger partial charge in [-0.25, -0.2) is 0 Å². The molecule has 0 saturated carbocycles. The lowest BCUT2D eigenvalue weighted by molar-refractivity contribution is 0.582. The van der Waals surface area contributed by atoms with E-state index < -0.39 is 6.02 Å². The van der Waals surface area contributed by atoms with Crippen molar-refractivity contribution in [3.05, 3.63) is 71.8 Å². The maximum atomic E-state index is 9.35. The Kier molecular flexibility index (Phi) is 4.21. The highest BCUT2D eigenvalue weighted by molar-refractivity contribution is 6.13. The molecule has 0 aromatic heterocycles. The molecule has 1 unspecified atom stereocenters. The predicted octanol–water partition coefficient (Wildman–Crippen LogP) is 4.07. The minimum atomic E-state index is -1.49. The third kappa shape index (κ3) is 3.33. The van der Waals surface area contributed by atoms with E-state index >= 15 is 0 Å². The van der Waals surface area contributed by atoms with Crippen molar-refractivity contribution >= 4 is 5.71 Å². The lowest BCUT2D eigenvalue weighted by atomic mass is 10.0. The van der Waals surface area contributed by atoms with E-state index in [1.807, 2.05) is 80.6 Å². The standard InChI is InChI=1S/C18H18N2/c1-14(2)17(13-19)20-18(15-9-5-3-6-10-15)16-11-7-4-8-12-16/h3-12,14,17H,1-2H3/i17D. The van der Waals surface area contributed by atoms with Gasteiger partial charge in [-0.3, -0.25) is 4.99 Å². The van der Waals surface area contributed by atoms with E-state index in [-0.39, 0.29) is 5.92 Å². The normalized spacial score (nSPS) is 14.0. The Balaban J connectivity index is 2.61. The van der Waals surface area contributed by atoms with Crippen LogP contribution in [0, 0.1) is 17.2 Å². The average Bonchev–Trinajstić information content (AvgIpc) is 2.54. The van der Waals surface area contributed by atoms with Crippen molar-refractivity contribution in [1.29, 1.82) is 5.26 Å². The summed E-state index contributed by atoms with van der Waals surface area (Å²) in [5.74, 6) is -0.190. The molecule has 0 heterocycles. The summed E-state index contributed by atoms with van der Waals surface area (Å²) >= 11 is 0. The first-order valence-electron chi connectivity index (χ1n) is 7.19. The minimum absolute atomic E-state index is 0.190. The molecule has 20 heavy (non-hydrogen) atoms. The van der Waals surface area contributed by atoms with Crippen LogP contribution in [0.2, 0.25) is 0 Å². The van der Waals surface area contributed by atoms with Gasteiger partial charge < -0.3 is 0 Å². The fourth-order valence-corrected chi connectivity index (χ4v) is 1.89. The van der Waals surface area contributed by atoms with E-state index in [9.17, 15) is 5.26 Å². The van der Waals surface area contributed by atoms with Crippen molar-refractivity contribution in [3.63, 3.8) is 0 Å². The van der Waals surface area contributed by atoms with Crippen molar-refractivity contribution in [2.24, 2.45) is 10.9 Å². The second kappa shape index (κ2) is 6.68. The van der Waals surface area contributed by atoms with Crippen LogP contribution in [0.15, 0.2) is 65.7 Å². The van der Waals surface area contributed by atoms with Crippen LogP contribution in [-0.4, -0.2) is 11.7 Å². The summed E-state index contributed by atoms with van der Waals surface area (Å²) in [6.45, 7) is 3.68. The van der Waals surface area contributed by atoms with Crippen molar-refractivity contribution in [3.8, 4) is 6.07 Å². The Morgan fingerprint density at radius 1 is 1.00 bits per heavy atom. The molecule has 0 saturated heterocycles. The first kappa shape index (κ1) is 12.6. The first-order valence-corrected chi connectivity index (χ1v) is 6.69. The quantitative estimate of drug-likeness (QED) is 0.766. The molecule has 0 aliphatic carbocycles. The molecule has 0 aliphatic heterocycles. The van der Waals surface area contributed by atoms with E-state index in [0.29, 0.717) is 5.71 Å². The lowest BCUT2D eigenvalue weighted by Crippen LogP contribution is -2.15. The third-order valence-corrected chi connectivity index (χ3v) is 2.99. The molecule has 1 atom stereocenters. The van der Waals surface area contributed by atoms with Crippen LogP contribution in [-0.2, 0) is 0 Å². The summed E-state index contributed by atoms with van der Waals surface area (Å²) in [6.07, 6.45) is 0. The van der Waals surface area contributed by atoms with Gasteiger partial charge in [0.25, 0.3) is 0 Å². The third-order valence-electron chi connectivity index (χ3n) is 2.99. The van der Waals surface area contributed by atoms with E-state index in [1.54, 1.807) is 0 Å². The van der Waals surface area contributed by atoms with Crippen LogP contribution >= 0.6 is 0 Å². The smallest absolute Gasteiger partial charge is 0.139 e. The monoisotopic (exact) mass is 263 g/mol. The molecule has 2 nitrogen and oxygen atoms in total. The molecule has 0 spiro atoms. The highest BCUT2D eigenvalue weighted by atomic mass is 14.8. The molecule has 0 radical (unpaired) electrons. The number of benzene rings is 2. The molecule has 2 heteroatoms. The fourth-order valence-electron chi connectivity index (χ4n) is 1.89. The summed E-state index contributed by atoms with van der Waals surface area (Å²) in [4.78, 5) is 4.49. The van der Waals surface area contributed by atoms with Gasteiger partial charge in [-0.15, -0.1) is 0 Å². The van der Waals surface area contributed by atoms with E-state index in [2.05, 4.69) is 4.99 Å². The molecule has 0 N–H and O–H groups in total. The summed E-state index contributed by atoms with van der Waals surface area (Å²) in [7, 11) is 0. The van der Waals surface area contributed by atoms with Gasteiger partial charge in [0, 0.05) is 11.1 Å². The maximum Gasteiger partial charge on any atom is 0.139 e. The van der Waals surface area contributed by atoms with Crippen molar-refractivity contribution in [1.82, 2.24) is 0 Å². The Morgan fingerprint density at radius 2 is 1.45 bits per heavy atom. The molecule has 0 bridgehead atoms. The number of nitrogens with zero attached hydrogens (tertiary/aromatic N) is 2. The van der Waals surface area contributed by atoms with Crippen LogP contribution in [0.25, 0.3) is 0 Å². The molecule has 2 aromatic rings. The van der Waals surface area contributed by atoms with Gasteiger partial charge in [-0.1, -0.05) is 74.5 Å². The van der Waals surface area contributed by atoms with Gasteiger partial charge >= 0.3 is 0 Å². The first-order chi connectivity index (χ1) is 10.1. The van der Waals surface area contributed by atoms with Gasteiger partial charge in [-0.2, -0.15) is 5.26 Å². The number of hydrogen-bond donors (Lipinski definition) is 0. The van der Waals surface area contributed by atoms with Gasteiger partial charge in [-0.05, 0) is 5.92 Å². The van der Waals surface area contributed by atoms with Crippen molar-refractivity contribution in [2.75, 3.05) is 0 Å². The molecule has 2 rings (SSSR count). The molecule has 0 fully saturated rings. The fraction of sp³-hybridized carbons (Fsp3) is 0.222. The summed E-state index contributed by atoms with van der Waals surface area (Å²) in [5.41, 5.74) is 2.51. The predicted molar refractivity (Wildman–Crippen MR) is 82.8 cm³/mol. The van der Waals surface area contributed by atoms with Gasteiger partial charge in [0.15, 0.2) is 0 Å². The number of nitriles is 1.